The van der Waals surface area contributed by atoms with Crippen molar-refractivity contribution in [1.82, 2.24) is 9.36 Å². The number of benzene rings is 2. The predicted octanol–water partition coefficient (Wildman–Crippen LogP) is 2.82. The molecule has 0 fully saturated rings. The molecule has 0 saturated carbocycles. The van der Waals surface area contributed by atoms with Gasteiger partial charge in [-0.15, -0.1) is 0 Å². The molecule has 7 nitrogen and oxygen atoms in total. The Balaban J connectivity index is 1.77. The molecular formula is C21H23N3O4. The molecule has 0 saturated heterocycles. The van der Waals surface area contributed by atoms with E-state index >= 15 is 0 Å². The number of anilines is 1. The van der Waals surface area contributed by atoms with Gasteiger partial charge in [0, 0.05) is 7.05 Å². The fourth-order valence-electron chi connectivity index (χ4n) is 2.93. The Bertz CT molecular complexity index is 1050. The number of nitrogens with one attached hydrogen (secondary N) is 1. The first kappa shape index (κ1) is 19.3. The van der Waals surface area contributed by atoms with Crippen molar-refractivity contribution in [2.75, 3.05) is 19.0 Å². The number of nitrogens with zero attached hydrogens (tertiary/aromatic N) is 2. The third-order valence-corrected chi connectivity index (χ3v) is 4.50. The van der Waals surface area contributed by atoms with Crippen molar-refractivity contribution in [3.8, 4) is 17.2 Å². The minimum absolute atomic E-state index is 0.232. The van der Waals surface area contributed by atoms with E-state index in [-0.39, 0.29) is 17.9 Å². The third-order valence-electron chi connectivity index (χ3n) is 4.50. The Morgan fingerprint density at radius 3 is 2.46 bits per heavy atom. The summed E-state index contributed by atoms with van der Waals surface area (Å²) in [7, 11) is 3.31. The number of aryl methyl sites for hydroxylation is 1. The molecule has 3 aromatic rings. The Kier molecular flexibility index (Phi) is 5.54. The van der Waals surface area contributed by atoms with Crippen molar-refractivity contribution in [3.63, 3.8) is 0 Å². The van der Waals surface area contributed by atoms with E-state index < -0.39 is 5.91 Å². The first-order valence-corrected chi connectivity index (χ1v) is 8.83. The van der Waals surface area contributed by atoms with Crippen molar-refractivity contribution < 1.29 is 14.3 Å². The van der Waals surface area contributed by atoms with Gasteiger partial charge in [0.25, 0.3) is 11.5 Å². The molecule has 0 spiro atoms. The van der Waals surface area contributed by atoms with Gasteiger partial charge in [-0.1, -0.05) is 24.3 Å². The van der Waals surface area contributed by atoms with Gasteiger partial charge in [-0.25, -0.2) is 4.68 Å². The fourth-order valence-corrected chi connectivity index (χ4v) is 2.93. The molecule has 0 aliphatic rings. The fraction of sp³-hybridized carbons (Fsp3) is 0.238. The first-order chi connectivity index (χ1) is 13.4. The molecule has 0 unspecified atom stereocenters. The molecule has 3 rings (SSSR count). The van der Waals surface area contributed by atoms with Gasteiger partial charge in [0.05, 0.1) is 18.5 Å². The summed E-state index contributed by atoms with van der Waals surface area (Å²) in [6.07, 6.45) is 0. The van der Waals surface area contributed by atoms with E-state index in [0.29, 0.717) is 17.2 Å². The van der Waals surface area contributed by atoms with Crippen LogP contribution in [0.4, 0.5) is 5.69 Å². The van der Waals surface area contributed by atoms with Gasteiger partial charge in [-0.3, -0.25) is 14.3 Å². The van der Waals surface area contributed by atoms with Crippen LogP contribution in [0.2, 0.25) is 0 Å². The minimum Gasteiger partial charge on any atom is -0.493 e. The average molecular weight is 381 g/mol. The monoisotopic (exact) mass is 381 g/mol. The van der Waals surface area contributed by atoms with Crippen LogP contribution >= 0.6 is 0 Å². The highest BCUT2D eigenvalue weighted by molar-refractivity contribution is 5.92. The van der Waals surface area contributed by atoms with Crippen molar-refractivity contribution in [1.29, 1.82) is 0 Å². The third kappa shape index (κ3) is 3.78. The molecule has 146 valence electrons. The Morgan fingerprint density at radius 2 is 1.79 bits per heavy atom. The van der Waals surface area contributed by atoms with Crippen LogP contribution in [0.25, 0.3) is 5.69 Å². The molecule has 7 heteroatoms. The summed E-state index contributed by atoms with van der Waals surface area (Å²) in [6, 6.07) is 14.7. The molecule has 0 radical (unpaired) electrons. The van der Waals surface area contributed by atoms with Crippen molar-refractivity contribution in [2.45, 2.75) is 13.8 Å². The molecule has 2 aromatic carbocycles. The van der Waals surface area contributed by atoms with Crippen molar-refractivity contribution in [2.24, 2.45) is 7.05 Å². The van der Waals surface area contributed by atoms with E-state index in [9.17, 15) is 9.59 Å². The van der Waals surface area contributed by atoms with Crippen molar-refractivity contribution >= 4 is 11.6 Å². The standard InChI is InChI=1S/C21H23N3O4/c1-14-10-11-17(18(12-14)27-4)28-13-19(25)22-20-15(2)23(3)24(21(20)26)16-8-6-5-7-9-16/h5-12H,13H2,1-4H3,(H,22,25). The molecule has 1 aromatic heterocycles. The number of methoxy groups -OCH3 is 1. The van der Waals surface area contributed by atoms with E-state index in [1.807, 2.05) is 49.4 Å². The van der Waals surface area contributed by atoms with Gasteiger partial charge in [0.15, 0.2) is 18.1 Å². The van der Waals surface area contributed by atoms with Gasteiger partial charge in [-0.05, 0) is 43.7 Å². The Labute approximate surface area is 163 Å². The quantitative estimate of drug-likeness (QED) is 0.713. The molecule has 0 aliphatic carbocycles. The minimum atomic E-state index is -0.423. The summed E-state index contributed by atoms with van der Waals surface area (Å²) >= 11 is 0. The van der Waals surface area contributed by atoms with Crippen LogP contribution in [0.3, 0.4) is 0 Å². The second-order valence-corrected chi connectivity index (χ2v) is 6.43. The van der Waals surface area contributed by atoms with Crippen LogP contribution < -0.4 is 20.3 Å². The molecule has 1 amide bonds. The number of hydrogen-bond donors (Lipinski definition) is 1. The van der Waals surface area contributed by atoms with E-state index in [4.69, 9.17) is 9.47 Å². The van der Waals surface area contributed by atoms with Crippen molar-refractivity contribution in [3.05, 3.63) is 70.1 Å². The summed E-state index contributed by atoms with van der Waals surface area (Å²) in [6.45, 7) is 3.48. The number of carbonyl (C=O) groups is 1. The summed E-state index contributed by atoms with van der Waals surface area (Å²) in [4.78, 5) is 25.2. The number of ether oxygens (including phenoxy) is 2. The molecule has 1 heterocycles. The predicted molar refractivity (Wildman–Crippen MR) is 108 cm³/mol. The Morgan fingerprint density at radius 1 is 1.07 bits per heavy atom. The maximum absolute atomic E-state index is 12.8. The van der Waals surface area contributed by atoms with Gasteiger partial charge >= 0.3 is 0 Å². The number of amides is 1. The lowest BCUT2D eigenvalue weighted by molar-refractivity contribution is -0.118. The largest absolute Gasteiger partial charge is 0.493 e. The van der Waals surface area contributed by atoms with Crippen LogP contribution in [-0.2, 0) is 11.8 Å². The normalized spacial score (nSPS) is 10.6. The molecule has 1 N–H and O–H groups in total. The summed E-state index contributed by atoms with van der Waals surface area (Å²) < 4.78 is 14.0. The summed E-state index contributed by atoms with van der Waals surface area (Å²) in [5, 5.41) is 2.67. The molecule has 28 heavy (non-hydrogen) atoms. The van der Waals surface area contributed by atoms with Crippen LogP contribution in [0.1, 0.15) is 11.3 Å². The van der Waals surface area contributed by atoms with Crippen LogP contribution in [-0.4, -0.2) is 29.0 Å². The molecule has 0 atom stereocenters. The molecular weight excluding hydrogens is 358 g/mol. The summed E-state index contributed by atoms with van der Waals surface area (Å²) in [5.74, 6) is 0.596. The topological polar surface area (TPSA) is 74.5 Å². The zero-order valence-electron chi connectivity index (χ0n) is 16.4. The van der Waals surface area contributed by atoms with Crippen LogP contribution in [0.5, 0.6) is 11.5 Å². The van der Waals surface area contributed by atoms with Gasteiger partial charge in [0.1, 0.15) is 5.69 Å². The van der Waals surface area contributed by atoms with E-state index in [1.165, 1.54) is 4.68 Å². The van der Waals surface area contributed by atoms with E-state index in [2.05, 4.69) is 5.32 Å². The SMILES string of the molecule is COc1cc(C)ccc1OCC(=O)Nc1c(C)n(C)n(-c2ccccc2)c1=O. The van der Waals surface area contributed by atoms with Gasteiger partial charge in [-0.2, -0.15) is 0 Å². The number of aromatic nitrogens is 2. The maximum Gasteiger partial charge on any atom is 0.295 e. The zero-order chi connectivity index (χ0) is 20.3. The highest BCUT2D eigenvalue weighted by Crippen LogP contribution is 2.27. The number of hydrogen-bond acceptors (Lipinski definition) is 4. The summed E-state index contributed by atoms with van der Waals surface area (Å²) in [5.41, 5.74) is 2.33. The van der Waals surface area contributed by atoms with Crippen LogP contribution in [0, 0.1) is 13.8 Å². The second-order valence-electron chi connectivity index (χ2n) is 6.43. The maximum atomic E-state index is 12.8. The highest BCUT2D eigenvalue weighted by Gasteiger charge is 2.18. The molecule has 0 aliphatic heterocycles. The number of para-hydroxylation sites is 1. The average Bonchev–Trinajstić information content (AvgIpc) is 2.90. The lowest BCUT2D eigenvalue weighted by Gasteiger charge is -2.11. The lowest BCUT2D eigenvalue weighted by Crippen LogP contribution is -2.25. The van der Waals surface area contributed by atoms with E-state index in [1.54, 1.807) is 31.8 Å². The number of rotatable bonds is 6. The number of carbonyl (C=O) groups excluding carboxylic acids is 1. The first-order valence-electron chi connectivity index (χ1n) is 8.83. The van der Waals surface area contributed by atoms with Crippen LogP contribution in [0.15, 0.2) is 53.3 Å². The molecule has 0 bridgehead atoms. The zero-order valence-corrected chi connectivity index (χ0v) is 16.4. The lowest BCUT2D eigenvalue weighted by atomic mass is 10.2. The Hall–Kier alpha value is -3.48. The van der Waals surface area contributed by atoms with E-state index in [0.717, 1.165) is 11.3 Å². The smallest absolute Gasteiger partial charge is 0.295 e. The van der Waals surface area contributed by atoms with Gasteiger partial charge < -0.3 is 14.8 Å². The second kappa shape index (κ2) is 8.04. The highest BCUT2D eigenvalue weighted by atomic mass is 16.5. The van der Waals surface area contributed by atoms with Gasteiger partial charge in [0.2, 0.25) is 0 Å².